The molecule has 2 N–H and O–H groups in total. The summed E-state index contributed by atoms with van der Waals surface area (Å²) < 4.78 is 1.37. The Morgan fingerprint density at radius 2 is 2.10 bits per heavy atom. The third kappa shape index (κ3) is 1.78. The minimum atomic E-state index is -1.07. The second kappa shape index (κ2) is 4.34. The number of imide groups is 1. The molecule has 2 aromatic heterocycles. The fourth-order valence-electron chi connectivity index (χ4n) is 2.17. The summed E-state index contributed by atoms with van der Waals surface area (Å²) in [6.07, 6.45) is 1.65. The van der Waals surface area contributed by atoms with Crippen LogP contribution in [-0.4, -0.2) is 39.2 Å². The number of pyridine rings is 1. The molecule has 102 valence electrons. The summed E-state index contributed by atoms with van der Waals surface area (Å²) in [5.41, 5.74) is 0.486. The minimum Gasteiger partial charge on any atom is -0.478 e. The smallest absolute Gasteiger partial charge is 0.337 e. The maximum atomic E-state index is 11.8. The monoisotopic (exact) mass is 274 g/mol. The van der Waals surface area contributed by atoms with Gasteiger partial charge in [0.2, 0.25) is 5.91 Å². The minimum absolute atomic E-state index is 0.0970. The number of carboxylic acids is 1. The summed E-state index contributed by atoms with van der Waals surface area (Å²) in [5.74, 6) is -0.981. The van der Waals surface area contributed by atoms with E-state index in [9.17, 15) is 14.4 Å². The predicted molar refractivity (Wildman–Crippen MR) is 67.7 cm³/mol. The number of amides is 3. The van der Waals surface area contributed by atoms with Gasteiger partial charge in [0.05, 0.1) is 17.3 Å². The molecule has 20 heavy (non-hydrogen) atoms. The summed E-state index contributed by atoms with van der Waals surface area (Å²) in [6.45, 7) is 0.228. The lowest BCUT2D eigenvalue weighted by Crippen LogP contribution is -2.50. The highest BCUT2D eigenvalue weighted by Gasteiger charge is 2.26. The number of rotatable bonds is 2. The Kier molecular flexibility index (Phi) is 2.63. The van der Waals surface area contributed by atoms with Crippen LogP contribution in [-0.2, 0) is 4.79 Å². The van der Waals surface area contributed by atoms with Gasteiger partial charge < -0.3 is 5.11 Å². The Balaban J connectivity index is 2.11. The maximum Gasteiger partial charge on any atom is 0.337 e. The van der Waals surface area contributed by atoms with Crippen molar-refractivity contribution in [3.05, 3.63) is 30.0 Å². The van der Waals surface area contributed by atoms with E-state index >= 15 is 0 Å². The summed E-state index contributed by atoms with van der Waals surface area (Å²) in [6, 6.07) is 3.93. The Morgan fingerprint density at radius 1 is 1.30 bits per heavy atom. The van der Waals surface area contributed by atoms with Crippen LogP contribution in [0.25, 0.3) is 5.52 Å². The van der Waals surface area contributed by atoms with Gasteiger partial charge in [-0.2, -0.15) is 5.10 Å². The van der Waals surface area contributed by atoms with Crippen molar-refractivity contribution in [2.75, 3.05) is 11.4 Å². The molecule has 1 aliphatic heterocycles. The second-order valence-electron chi connectivity index (χ2n) is 4.29. The molecule has 8 heteroatoms. The standard InChI is InChI=1S/C12H10N4O4/c17-9-4-6-15(12(20)14-9)10-2-1-7(11(18)19)8-3-5-13-16(8)10/h1-3,5H,4,6H2,(H,18,19)(H,14,17,20). The molecule has 0 radical (unpaired) electrons. The molecule has 1 saturated heterocycles. The number of carbonyl (C=O) groups excluding carboxylic acids is 2. The van der Waals surface area contributed by atoms with Crippen molar-refractivity contribution < 1.29 is 19.5 Å². The lowest BCUT2D eigenvalue weighted by atomic mass is 10.2. The Hall–Kier alpha value is -2.90. The second-order valence-corrected chi connectivity index (χ2v) is 4.29. The molecule has 2 aromatic rings. The Morgan fingerprint density at radius 3 is 2.80 bits per heavy atom. The molecule has 3 amide bonds. The van der Waals surface area contributed by atoms with Crippen molar-refractivity contribution in [2.45, 2.75) is 6.42 Å². The van der Waals surface area contributed by atoms with Crippen LogP contribution in [0.2, 0.25) is 0 Å². The molecule has 0 aliphatic carbocycles. The molecule has 0 atom stereocenters. The number of carbonyl (C=O) groups is 3. The van der Waals surface area contributed by atoms with Crippen molar-refractivity contribution in [2.24, 2.45) is 0 Å². The summed E-state index contributed by atoms with van der Waals surface area (Å²) in [4.78, 5) is 35.5. The number of hydrogen-bond acceptors (Lipinski definition) is 4. The van der Waals surface area contributed by atoms with Crippen LogP contribution in [0.3, 0.4) is 0 Å². The number of nitrogens with zero attached hydrogens (tertiary/aromatic N) is 3. The number of carboxylic acid groups (broad SMARTS) is 1. The Bertz CT molecular complexity index is 736. The first-order valence-corrected chi connectivity index (χ1v) is 5.89. The van der Waals surface area contributed by atoms with E-state index in [0.29, 0.717) is 11.3 Å². The lowest BCUT2D eigenvalue weighted by molar-refractivity contribution is -0.120. The largest absolute Gasteiger partial charge is 0.478 e. The van der Waals surface area contributed by atoms with E-state index in [1.807, 2.05) is 0 Å². The molecule has 3 rings (SSSR count). The maximum absolute atomic E-state index is 11.8. The predicted octanol–water partition coefficient (Wildman–Crippen LogP) is 0.479. The molecule has 0 unspecified atom stereocenters. The van der Waals surface area contributed by atoms with Gasteiger partial charge in [0, 0.05) is 13.0 Å². The normalized spacial score (nSPS) is 15.5. The third-order valence-corrected chi connectivity index (χ3v) is 3.10. The average Bonchev–Trinajstić information content (AvgIpc) is 2.87. The van der Waals surface area contributed by atoms with Crippen molar-refractivity contribution in [1.82, 2.24) is 14.9 Å². The highest BCUT2D eigenvalue weighted by Crippen LogP contribution is 2.21. The lowest BCUT2D eigenvalue weighted by Gasteiger charge is -2.26. The molecule has 0 bridgehead atoms. The summed E-state index contributed by atoms with van der Waals surface area (Å²) >= 11 is 0. The molecule has 0 spiro atoms. The topological polar surface area (TPSA) is 104 Å². The summed E-state index contributed by atoms with van der Waals surface area (Å²) in [7, 11) is 0. The van der Waals surface area contributed by atoms with Gasteiger partial charge in [0.1, 0.15) is 5.82 Å². The van der Waals surface area contributed by atoms with Gasteiger partial charge in [-0.05, 0) is 18.2 Å². The highest BCUT2D eigenvalue weighted by molar-refractivity contribution is 6.05. The van der Waals surface area contributed by atoms with Gasteiger partial charge in [0.15, 0.2) is 0 Å². The van der Waals surface area contributed by atoms with Gasteiger partial charge in [0.25, 0.3) is 0 Å². The first-order chi connectivity index (χ1) is 9.58. The molecule has 0 saturated carbocycles. The van der Waals surface area contributed by atoms with E-state index < -0.39 is 12.0 Å². The first kappa shape index (κ1) is 12.2. The molecule has 1 fully saturated rings. The highest BCUT2D eigenvalue weighted by atomic mass is 16.4. The number of hydrogen-bond donors (Lipinski definition) is 2. The summed E-state index contributed by atoms with van der Waals surface area (Å²) in [5, 5.41) is 15.4. The molecular weight excluding hydrogens is 264 g/mol. The fourth-order valence-corrected chi connectivity index (χ4v) is 2.17. The van der Waals surface area contributed by atoms with Crippen LogP contribution in [0.4, 0.5) is 10.6 Å². The van der Waals surface area contributed by atoms with E-state index in [1.54, 1.807) is 6.07 Å². The molecule has 8 nitrogen and oxygen atoms in total. The van der Waals surface area contributed by atoms with Crippen LogP contribution in [0.15, 0.2) is 24.4 Å². The quantitative estimate of drug-likeness (QED) is 0.828. The Labute approximate surface area is 112 Å². The van der Waals surface area contributed by atoms with Crippen LogP contribution in [0, 0.1) is 0 Å². The molecule has 0 aromatic carbocycles. The zero-order valence-electron chi connectivity index (χ0n) is 10.2. The van der Waals surface area contributed by atoms with Crippen molar-refractivity contribution >= 4 is 29.2 Å². The van der Waals surface area contributed by atoms with E-state index in [-0.39, 0.29) is 24.4 Å². The number of aromatic carboxylic acids is 1. The van der Waals surface area contributed by atoms with Crippen molar-refractivity contribution in [1.29, 1.82) is 0 Å². The van der Waals surface area contributed by atoms with E-state index in [1.165, 1.54) is 27.7 Å². The van der Waals surface area contributed by atoms with Crippen LogP contribution >= 0.6 is 0 Å². The fraction of sp³-hybridized carbons (Fsp3) is 0.167. The van der Waals surface area contributed by atoms with E-state index in [0.717, 1.165) is 0 Å². The van der Waals surface area contributed by atoms with E-state index in [4.69, 9.17) is 5.11 Å². The molecular formula is C12H10N4O4. The zero-order chi connectivity index (χ0) is 14.3. The van der Waals surface area contributed by atoms with Crippen molar-refractivity contribution in [3.8, 4) is 0 Å². The van der Waals surface area contributed by atoms with Gasteiger partial charge in [-0.3, -0.25) is 15.0 Å². The van der Waals surface area contributed by atoms with Gasteiger partial charge in [-0.1, -0.05) is 0 Å². The van der Waals surface area contributed by atoms with Gasteiger partial charge in [-0.15, -0.1) is 0 Å². The number of fused-ring (bicyclic) bond motifs is 1. The first-order valence-electron chi connectivity index (χ1n) is 5.89. The van der Waals surface area contributed by atoms with Crippen LogP contribution in [0.1, 0.15) is 16.8 Å². The van der Waals surface area contributed by atoms with E-state index in [2.05, 4.69) is 10.4 Å². The zero-order valence-corrected chi connectivity index (χ0v) is 10.2. The van der Waals surface area contributed by atoms with Crippen LogP contribution < -0.4 is 10.2 Å². The molecule has 3 heterocycles. The number of nitrogens with one attached hydrogen (secondary N) is 1. The number of urea groups is 1. The molecule has 1 aliphatic rings. The van der Waals surface area contributed by atoms with Crippen LogP contribution in [0.5, 0.6) is 0 Å². The number of aromatic nitrogens is 2. The average molecular weight is 274 g/mol. The van der Waals surface area contributed by atoms with Gasteiger partial charge >= 0.3 is 12.0 Å². The van der Waals surface area contributed by atoms with Gasteiger partial charge in [-0.25, -0.2) is 14.1 Å². The number of anilines is 1. The van der Waals surface area contributed by atoms with Crippen molar-refractivity contribution in [3.63, 3.8) is 0 Å². The third-order valence-electron chi connectivity index (χ3n) is 3.10. The SMILES string of the molecule is O=C1CCN(c2ccc(C(=O)O)c3ccnn23)C(=O)N1.